The Balaban J connectivity index is 1.62. The molecule has 2 aromatic carbocycles. The first-order chi connectivity index (χ1) is 13.9. The molecule has 0 atom stereocenters. The zero-order valence-corrected chi connectivity index (χ0v) is 18.5. The molecule has 7 heteroatoms. The van der Waals surface area contributed by atoms with Crippen LogP contribution in [0.2, 0.25) is 0 Å². The largest absolute Gasteiger partial charge is 0.493 e. The molecule has 1 heterocycles. The second-order valence-corrected chi connectivity index (χ2v) is 8.35. The van der Waals surface area contributed by atoms with E-state index in [2.05, 4.69) is 6.07 Å². The number of nitrogens with zero attached hydrogens (tertiary/aromatic N) is 1. The molecule has 1 amide bonds. The highest BCUT2D eigenvalue weighted by molar-refractivity contribution is 8.26. The minimum Gasteiger partial charge on any atom is -0.493 e. The van der Waals surface area contributed by atoms with Crippen LogP contribution in [0.25, 0.3) is 6.08 Å². The van der Waals surface area contributed by atoms with E-state index < -0.39 is 0 Å². The van der Waals surface area contributed by atoms with Crippen molar-refractivity contribution in [1.82, 2.24) is 4.90 Å². The van der Waals surface area contributed by atoms with Gasteiger partial charge in [0.25, 0.3) is 5.91 Å². The van der Waals surface area contributed by atoms with Gasteiger partial charge in [0.1, 0.15) is 23.3 Å². The van der Waals surface area contributed by atoms with E-state index in [-0.39, 0.29) is 5.91 Å². The first kappa shape index (κ1) is 21.2. The van der Waals surface area contributed by atoms with Crippen molar-refractivity contribution in [2.75, 3.05) is 27.4 Å². The van der Waals surface area contributed by atoms with Gasteiger partial charge in [-0.25, -0.2) is 0 Å². The molecule has 1 aliphatic heterocycles. The van der Waals surface area contributed by atoms with Gasteiger partial charge in [-0.2, -0.15) is 0 Å². The number of hydrogen-bond donors (Lipinski definition) is 0. The first-order valence-electron chi connectivity index (χ1n) is 9.11. The van der Waals surface area contributed by atoms with Crippen molar-refractivity contribution in [1.29, 1.82) is 0 Å². The Hall–Kier alpha value is -2.51. The summed E-state index contributed by atoms with van der Waals surface area (Å²) < 4.78 is 17.6. The fourth-order valence-electron chi connectivity index (χ4n) is 2.92. The van der Waals surface area contributed by atoms with Gasteiger partial charge in [0.15, 0.2) is 11.5 Å². The van der Waals surface area contributed by atoms with Gasteiger partial charge in [0, 0.05) is 7.05 Å². The van der Waals surface area contributed by atoms with Crippen LogP contribution in [0.1, 0.15) is 16.7 Å². The zero-order valence-electron chi connectivity index (χ0n) is 16.9. The van der Waals surface area contributed by atoms with Crippen molar-refractivity contribution in [3.63, 3.8) is 0 Å². The van der Waals surface area contributed by atoms with Crippen molar-refractivity contribution in [2.24, 2.45) is 0 Å². The van der Waals surface area contributed by atoms with Crippen LogP contribution in [0.5, 0.6) is 17.2 Å². The summed E-state index contributed by atoms with van der Waals surface area (Å²) >= 11 is 6.45. The van der Waals surface area contributed by atoms with Gasteiger partial charge < -0.3 is 14.2 Å². The number of amides is 1. The number of likely N-dealkylation sites (N-methyl/N-ethyl adjacent to an activating group) is 1. The number of hydrogen-bond acceptors (Lipinski definition) is 6. The SMILES string of the molecule is COc1cc(/C=C2\SC(=S)N(C)C2=O)ccc1OCCOc1cc(C)cc(C)c1. The summed E-state index contributed by atoms with van der Waals surface area (Å²) in [6.07, 6.45) is 1.80. The molecule has 1 saturated heterocycles. The van der Waals surface area contributed by atoms with Gasteiger partial charge in [0.05, 0.1) is 12.0 Å². The highest BCUT2D eigenvalue weighted by Crippen LogP contribution is 2.34. The Kier molecular flexibility index (Phi) is 6.82. The van der Waals surface area contributed by atoms with Gasteiger partial charge in [-0.05, 0) is 60.9 Å². The van der Waals surface area contributed by atoms with Crippen molar-refractivity contribution in [3.05, 3.63) is 58.0 Å². The third-order valence-corrected chi connectivity index (χ3v) is 5.76. The van der Waals surface area contributed by atoms with E-state index in [0.717, 1.165) is 22.4 Å². The third kappa shape index (κ3) is 5.31. The summed E-state index contributed by atoms with van der Waals surface area (Å²) in [4.78, 5) is 14.2. The summed E-state index contributed by atoms with van der Waals surface area (Å²) in [5, 5.41) is 0. The Morgan fingerprint density at radius 2 is 1.72 bits per heavy atom. The van der Waals surface area contributed by atoms with Gasteiger partial charge in [-0.15, -0.1) is 0 Å². The van der Waals surface area contributed by atoms with Gasteiger partial charge >= 0.3 is 0 Å². The van der Waals surface area contributed by atoms with Crippen LogP contribution in [0.4, 0.5) is 0 Å². The predicted molar refractivity (Wildman–Crippen MR) is 121 cm³/mol. The minimum absolute atomic E-state index is 0.0946. The zero-order chi connectivity index (χ0) is 21.0. The maximum atomic E-state index is 12.2. The van der Waals surface area contributed by atoms with Crippen molar-refractivity contribution >= 4 is 40.3 Å². The number of aryl methyl sites for hydroxylation is 2. The molecule has 0 aliphatic carbocycles. The van der Waals surface area contributed by atoms with Crippen LogP contribution in [0, 0.1) is 13.8 Å². The molecule has 0 radical (unpaired) electrons. The monoisotopic (exact) mass is 429 g/mol. The molecule has 0 aromatic heterocycles. The third-order valence-electron chi connectivity index (χ3n) is 4.28. The predicted octanol–water partition coefficient (Wildman–Crippen LogP) is 4.60. The lowest BCUT2D eigenvalue weighted by Gasteiger charge is -2.13. The average molecular weight is 430 g/mol. The minimum atomic E-state index is -0.0946. The second-order valence-electron chi connectivity index (χ2n) is 6.67. The number of benzene rings is 2. The molecule has 0 N–H and O–H groups in total. The highest BCUT2D eigenvalue weighted by Gasteiger charge is 2.28. The number of thioether (sulfide) groups is 1. The second kappa shape index (κ2) is 9.33. The van der Waals surface area contributed by atoms with Crippen LogP contribution < -0.4 is 14.2 Å². The molecule has 0 saturated carbocycles. The van der Waals surface area contributed by atoms with E-state index in [0.29, 0.717) is 33.9 Å². The fourth-order valence-corrected chi connectivity index (χ4v) is 4.10. The summed E-state index contributed by atoms with van der Waals surface area (Å²) in [6, 6.07) is 11.7. The lowest BCUT2D eigenvalue weighted by molar-refractivity contribution is -0.121. The molecule has 5 nitrogen and oxygen atoms in total. The maximum absolute atomic E-state index is 12.2. The molecule has 1 fully saturated rings. The molecular weight excluding hydrogens is 406 g/mol. The molecule has 1 aliphatic rings. The molecular formula is C22H23NO4S2. The number of carbonyl (C=O) groups is 1. The molecule has 2 aromatic rings. The van der Waals surface area contributed by atoms with E-state index in [1.807, 2.05) is 44.2 Å². The van der Waals surface area contributed by atoms with Gasteiger partial charge in [-0.3, -0.25) is 9.69 Å². The molecule has 3 rings (SSSR count). The lowest BCUT2D eigenvalue weighted by Crippen LogP contribution is -2.22. The van der Waals surface area contributed by atoms with Crippen molar-refractivity contribution in [2.45, 2.75) is 13.8 Å². The smallest absolute Gasteiger partial charge is 0.265 e. The Morgan fingerprint density at radius 3 is 2.34 bits per heavy atom. The number of thiocarbonyl (C=S) groups is 1. The molecule has 152 valence electrons. The van der Waals surface area contributed by atoms with Crippen LogP contribution in [0.3, 0.4) is 0 Å². The van der Waals surface area contributed by atoms with E-state index in [9.17, 15) is 4.79 Å². The summed E-state index contributed by atoms with van der Waals surface area (Å²) in [7, 11) is 3.26. The topological polar surface area (TPSA) is 48.0 Å². The summed E-state index contributed by atoms with van der Waals surface area (Å²) in [5.74, 6) is 1.96. The van der Waals surface area contributed by atoms with Gasteiger partial charge in [0.2, 0.25) is 0 Å². The average Bonchev–Trinajstić information content (AvgIpc) is 2.92. The quantitative estimate of drug-likeness (QED) is 0.364. The summed E-state index contributed by atoms with van der Waals surface area (Å²) in [5.41, 5.74) is 3.17. The van der Waals surface area contributed by atoms with E-state index in [1.165, 1.54) is 16.7 Å². The Morgan fingerprint density at radius 1 is 1.03 bits per heavy atom. The van der Waals surface area contributed by atoms with E-state index >= 15 is 0 Å². The standard InChI is InChI=1S/C22H23NO4S2/c1-14-9-15(2)11-17(10-14)26-7-8-27-18-6-5-16(12-19(18)25-4)13-20-21(24)23(3)22(28)29-20/h5-6,9-13H,7-8H2,1-4H3/b20-13-. The van der Waals surface area contributed by atoms with Crippen molar-refractivity contribution in [3.8, 4) is 17.2 Å². The normalized spacial score (nSPS) is 15.2. The Labute approximate surface area is 180 Å². The number of methoxy groups -OCH3 is 1. The van der Waals surface area contributed by atoms with Crippen LogP contribution in [-0.4, -0.2) is 42.5 Å². The highest BCUT2D eigenvalue weighted by atomic mass is 32.2. The molecule has 0 spiro atoms. The maximum Gasteiger partial charge on any atom is 0.265 e. The fraction of sp³-hybridized carbons (Fsp3) is 0.273. The number of rotatable bonds is 7. The van der Waals surface area contributed by atoms with E-state index in [4.69, 9.17) is 26.4 Å². The molecule has 0 unspecified atom stereocenters. The lowest BCUT2D eigenvalue weighted by atomic mass is 10.1. The first-order valence-corrected chi connectivity index (χ1v) is 10.3. The number of carbonyl (C=O) groups excluding carboxylic acids is 1. The summed E-state index contributed by atoms with van der Waals surface area (Å²) in [6.45, 7) is 4.90. The molecule has 0 bridgehead atoms. The number of ether oxygens (including phenoxy) is 3. The van der Waals surface area contributed by atoms with Crippen molar-refractivity contribution < 1.29 is 19.0 Å². The van der Waals surface area contributed by atoms with Gasteiger partial charge in [-0.1, -0.05) is 36.1 Å². The van der Waals surface area contributed by atoms with E-state index in [1.54, 1.807) is 20.2 Å². The van der Waals surface area contributed by atoms with Crippen LogP contribution in [0.15, 0.2) is 41.3 Å². The Bertz CT molecular complexity index is 951. The molecule has 29 heavy (non-hydrogen) atoms. The van der Waals surface area contributed by atoms with Crippen LogP contribution in [-0.2, 0) is 4.79 Å². The van der Waals surface area contributed by atoms with Crippen LogP contribution >= 0.6 is 24.0 Å².